The van der Waals surface area contributed by atoms with Crippen LogP contribution in [0.4, 0.5) is 0 Å². The summed E-state index contributed by atoms with van der Waals surface area (Å²) < 4.78 is 23.6. The van der Waals surface area contributed by atoms with Gasteiger partial charge in [0.2, 0.25) is 0 Å². The van der Waals surface area contributed by atoms with Crippen molar-refractivity contribution in [3.05, 3.63) is 47.2 Å². The van der Waals surface area contributed by atoms with Gasteiger partial charge in [-0.15, -0.1) is 0 Å². The predicted octanol–water partition coefficient (Wildman–Crippen LogP) is 3.53. The van der Waals surface area contributed by atoms with Crippen LogP contribution in [-0.2, 0) is 22.9 Å². The Morgan fingerprint density at radius 2 is 1.86 bits per heavy atom. The van der Waals surface area contributed by atoms with E-state index in [2.05, 4.69) is 0 Å². The Balaban J connectivity index is 2.22. The van der Waals surface area contributed by atoms with E-state index in [9.17, 15) is 4.79 Å². The van der Waals surface area contributed by atoms with Crippen LogP contribution in [0.25, 0.3) is 0 Å². The molecule has 114 valence electrons. The summed E-state index contributed by atoms with van der Waals surface area (Å²) in [6.07, 6.45) is 0. The number of allylic oxidation sites excluding steroid dienone is 2. The van der Waals surface area contributed by atoms with E-state index in [0.29, 0.717) is 24.5 Å². The molecule has 0 aromatic heterocycles. The second kappa shape index (κ2) is 4.89. The van der Waals surface area contributed by atoms with Crippen LogP contribution in [0.3, 0.4) is 0 Å². The molecule has 1 atom stereocenters. The van der Waals surface area contributed by atoms with E-state index >= 15 is 0 Å². The summed E-state index contributed by atoms with van der Waals surface area (Å²) in [6.45, 7) is 4.08. The molecule has 1 fully saturated rings. The van der Waals surface area contributed by atoms with E-state index in [1.54, 1.807) is 6.92 Å². The first-order valence-corrected chi connectivity index (χ1v) is 8.85. The summed E-state index contributed by atoms with van der Waals surface area (Å²) in [5.41, 5.74) is 1.02. The van der Waals surface area contributed by atoms with Crippen LogP contribution in [0.15, 0.2) is 41.7 Å². The first-order chi connectivity index (χ1) is 10.0. The Hall–Kier alpha value is -1.26. The fourth-order valence-corrected chi connectivity index (χ4v) is 7.05. The van der Waals surface area contributed by atoms with E-state index in [0.717, 1.165) is 5.56 Å². The van der Waals surface area contributed by atoms with Crippen LogP contribution in [0.2, 0.25) is 0 Å². The molecule has 2 aliphatic heterocycles. The van der Waals surface area contributed by atoms with Crippen LogP contribution >= 0.6 is 7.51 Å². The molecule has 0 unspecified atom stereocenters. The molecule has 0 amide bonds. The predicted molar refractivity (Wildman–Crippen MR) is 79.5 cm³/mol. The van der Waals surface area contributed by atoms with Gasteiger partial charge in [0.05, 0.1) is 0 Å². The summed E-state index contributed by atoms with van der Waals surface area (Å²) in [6, 6.07) is 9.63. The van der Waals surface area contributed by atoms with Crippen molar-refractivity contribution in [2.75, 3.05) is 20.3 Å². The fourth-order valence-electron chi connectivity index (χ4n) is 3.13. The third-order valence-corrected chi connectivity index (χ3v) is 7.89. The molecule has 0 bridgehead atoms. The van der Waals surface area contributed by atoms with Gasteiger partial charge in [-0.3, -0.25) is 0 Å². The Kier molecular flexibility index (Phi) is 3.41. The number of ketones is 1. The van der Waals surface area contributed by atoms with Crippen molar-refractivity contribution in [1.82, 2.24) is 0 Å². The summed E-state index contributed by atoms with van der Waals surface area (Å²) in [5.74, 6) is 0.469. The van der Waals surface area contributed by atoms with Gasteiger partial charge in [0.25, 0.3) is 0 Å². The Bertz CT molecular complexity index is 604. The van der Waals surface area contributed by atoms with Crippen molar-refractivity contribution in [3.63, 3.8) is 0 Å². The van der Waals surface area contributed by atoms with E-state index in [4.69, 9.17) is 18.1 Å². The van der Waals surface area contributed by atoms with Gasteiger partial charge in [0, 0.05) is 0 Å². The minimum atomic E-state index is -3.84. The Labute approximate surface area is 124 Å². The molecule has 2 heterocycles. The minimum absolute atomic E-state index is 0.0565. The molecule has 0 saturated carbocycles. The molecule has 21 heavy (non-hydrogen) atoms. The Morgan fingerprint density at radius 3 is 2.38 bits per heavy atom. The molecule has 1 aromatic carbocycles. The summed E-state index contributed by atoms with van der Waals surface area (Å²) >= 11 is 0. The number of hydrogen-bond acceptors (Lipinski definition) is 5. The Morgan fingerprint density at radius 1 is 1.24 bits per heavy atom. The monoisotopic (exact) mass is 310 g/mol. The maximum absolute atomic E-state index is 12.2. The quantitative estimate of drug-likeness (QED) is 0.799. The van der Waals surface area contributed by atoms with Crippen LogP contribution in [0.1, 0.15) is 25.1 Å². The zero-order valence-electron chi connectivity index (χ0n) is 12.4. The summed E-state index contributed by atoms with van der Waals surface area (Å²) in [4.78, 5) is 12.2. The fraction of sp³-hybridized carbons (Fsp3) is 0.400. The molecular weight excluding hydrogens is 291 g/mol. The number of carbonyl (C=O) groups is 1. The van der Waals surface area contributed by atoms with Crippen LogP contribution < -0.4 is 0 Å². The zero-order valence-corrected chi connectivity index (χ0v) is 13.3. The average molecular weight is 310 g/mol. The van der Waals surface area contributed by atoms with E-state index < -0.39 is 13.2 Å². The van der Waals surface area contributed by atoms with Crippen molar-refractivity contribution in [2.24, 2.45) is 0 Å². The molecule has 3 rings (SSSR count). The normalized spacial score (nSPS) is 28.1. The van der Waals surface area contributed by atoms with E-state index in [1.807, 2.05) is 30.3 Å². The summed E-state index contributed by atoms with van der Waals surface area (Å²) in [5, 5.41) is 0. The molecule has 5 nitrogen and oxygen atoms in total. The summed E-state index contributed by atoms with van der Waals surface area (Å²) in [7, 11) is -2.31. The van der Waals surface area contributed by atoms with Gasteiger partial charge >= 0.3 is 123 Å². The van der Waals surface area contributed by atoms with Crippen molar-refractivity contribution in [3.8, 4) is 0 Å². The van der Waals surface area contributed by atoms with E-state index in [-0.39, 0.29) is 5.78 Å². The topological polar surface area (TPSA) is 54.0 Å². The number of carbonyl (C=O) groups excluding carboxylic acids is 1. The van der Waals surface area contributed by atoms with Gasteiger partial charge in [-0.1, -0.05) is 0 Å². The first-order valence-electron chi connectivity index (χ1n) is 6.87. The van der Waals surface area contributed by atoms with Crippen molar-refractivity contribution in [1.29, 1.82) is 0 Å². The molecule has 1 aromatic rings. The van der Waals surface area contributed by atoms with Gasteiger partial charge in [-0.25, -0.2) is 0 Å². The second-order valence-corrected chi connectivity index (χ2v) is 8.47. The van der Waals surface area contributed by atoms with Crippen molar-refractivity contribution < 1.29 is 22.9 Å². The van der Waals surface area contributed by atoms with Crippen LogP contribution in [0, 0.1) is 0 Å². The average Bonchev–Trinajstić information content (AvgIpc) is 3.02. The van der Waals surface area contributed by atoms with Crippen molar-refractivity contribution in [2.45, 2.75) is 19.5 Å². The SMILES string of the molecule is COP12(OCCO1)OC(C)=C(C(C)=O)[C@H]2c1ccccc1. The number of rotatable bonds is 3. The standard InChI is InChI=1S/C15H19O5P/c1-11(16)14-12(2)20-21(17-3,18-9-10-19-21)15(14)13-7-5-4-6-8-13/h4-8,15H,9-10H2,1-3H3/t15-/m1/s1. The molecular formula is C15H19O5P. The van der Waals surface area contributed by atoms with Crippen molar-refractivity contribution >= 4 is 13.3 Å². The molecule has 2 aliphatic rings. The van der Waals surface area contributed by atoms with Gasteiger partial charge in [0.15, 0.2) is 0 Å². The van der Waals surface area contributed by atoms with Crippen LogP contribution in [0.5, 0.6) is 0 Å². The third-order valence-electron chi connectivity index (χ3n) is 3.93. The number of Topliss-reactive ketones (excluding diaryl/α,β-unsaturated/α-hetero) is 1. The zero-order chi connectivity index (χ0) is 15.1. The van der Waals surface area contributed by atoms with E-state index in [1.165, 1.54) is 14.0 Å². The van der Waals surface area contributed by atoms with Crippen LogP contribution in [-0.4, -0.2) is 26.1 Å². The van der Waals surface area contributed by atoms with Gasteiger partial charge in [-0.05, 0) is 0 Å². The van der Waals surface area contributed by atoms with Gasteiger partial charge in [0.1, 0.15) is 0 Å². The molecule has 0 radical (unpaired) electrons. The molecule has 6 heteroatoms. The first kappa shape index (κ1) is 14.7. The van der Waals surface area contributed by atoms with Gasteiger partial charge < -0.3 is 0 Å². The number of benzene rings is 1. The molecule has 0 aliphatic carbocycles. The second-order valence-electron chi connectivity index (χ2n) is 5.15. The molecule has 1 saturated heterocycles. The third kappa shape index (κ3) is 1.96. The molecule has 0 N–H and O–H groups in total. The van der Waals surface area contributed by atoms with Gasteiger partial charge in [-0.2, -0.15) is 0 Å². The number of hydrogen-bond donors (Lipinski definition) is 0. The maximum atomic E-state index is 12.2. The molecule has 1 spiro atoms.